The third-order valence-corrected chi connectivity index (χ3v) is 2.43. The zero-order valence-corrected chi connectivity index (χ0v) is 7.82. The Kier molecular flexibility index (Phi) is 2.35. The van der Waals surface area contributed by atoms with Gasteiger partial charge in [0.25, 0.3) is 11.7 Å². The molecule has 0 unspecified atom stereocenters. The van der Waals surface area contributed by atoms with Crippen LogP contribution >= 0.6 is 0 Å². The summed E-state index contributed by atoms with van der Waals surface area (Å²) in [6.07, 6.45) is 3.65. The number of hydrogen-bond acceptors (Lipinski definition) is 2. The normalized spacial score (nSPS) is 15.9. The fraction of sp³-hybridized carbons (Fsp3) is 0.400. The van der Waals surface area contributed by atoms with Gasteiger partial charge in [0, 0.05) is 19.3 Å². The molecule has 1 saturated heterocycles. The van der Waals surface area contributed by atoms with Crippen LogP contribution in [0.2, 0.25) is 0 Å². The van der Waals surface area contributed by atoms with Gasteiger partial charge in [-0.3, -0.25) is 9.59 Å². The van der Waals surface area contributed by atoms with E-state index in [1.807, 2.05) is 0 Å². The van der Waals surface area contributed by atoms with Crippen molar-refractivity contribution < 1.29 is 9.59 Å². The number of carbonyl (C=O) groups excluding carboxylic acids is 2. The fourth-order valence-electron chi connectivity index (χ4n) is 1.65. The molecule has 4 nitrogen and oxygen atoms in total. The largest absolute Gasteiger partial charge is 0.358 e. The van der Waals surface area contributed by atoms with E-state index < -0.39 is 5.78 Å². The molecule has 14 heavy (non-hydrogen) atoms. The highest BCUT2D eigenvalue weighted by Crippen LogP contribution is 2.09. The predicted molar refractivity (Wildman–Crippen MR) is 50.9 cm³/mol. The molecule has 2 heterocycles. The number of amides is 1. The molecule has 0 spiro atoms. The first-order valence-corrected chi connectivity index (χ1v) is 4.76. The van der Waals surface area contributed by atoms with E-state index in [2.05, 4.69) is 4.98 Å². The van der Waals surface area contributed by atoms with Gasteiger partial charge >= 0.3 is 0 Å². The summed E-state index contributed by atoms with van der Waals surface area (Å²) in [5, 5.41) is 0. The van der Waals surface area contributed by atoms with Gasteiger partial charge in [-0.05, 0) is 25.0 Å². The van der Waals surface area contributed by atoms with Crippen molar-refractivity contribution in [3.05, 3.63) is 24.0 Å². The van der Waals surface area contributed by atoms with Crippen LogP contribution in [0.15, 0.2) is 18.3 Å². The number of ketones is 1. The van der Waals surface area contributed by atoms with Crippen molar-refractivity contribution in [2.24, 2.45) is 0 Å². The monoisotopic (exact) mass is 192 g/mol. The maximum atomic E-state index is 11.6. The molecule has 4 heteroatoms. The Morgan fingerprint density at radius 2 is 2.00 bits per heavy atom. The quantitative estimate of drug-likeness (QED) is 0.557. The first kappa shape index (κ1) is 8.99. The summed E-state index contributed by atoms with van der Waals surface area (Å²) in [5.41, 5.74) is 0.377. The predicted octanol–water partition coefficient (Wildman–Crippen LogP) is 0.820. The van der Waals surface area contributed by atoms with E-state index in [1.54, 1.807) is 23.2 Å². The van der Waals surface area contributed by atoms with E-state index in [4.69, 9.17) is 0 Å². The number of aromatic nitrogens is 1. The van der Waals surface area contributed by atoms with Crippen LogP contribution in [0.25, 0.3) is 0 Å². The minimum absolute atomic E-state index is 0.377. The van der Waals surface area contributed by atoms with Gasteiger partial charge in [-0.1, -0.05) is 0 Å². The number of aromatic amines is 1. The molecule has 1 aliphatic rings. The lowest BCUT2D eigenvalue weighted by molar-refractivity contribution is -0.125. The highest BCUT2D eigenvalue weighted by molar-refractivity contribution is 6.42. The van der Waals surface area contributed by atoms with Gasteiger partial charge in [0.1, 0.15) is 0 Å². The smallest absolute Gasteiger partial charge is 0.296 e. The second kappa shape index (κ2) is 3.65. The lowest BCUT2D eigenvalue weighted by Gasteiger charge is -2.12. The molecule has 1 aromatic heterocycles. The molecule has 0 atom stereocenters. The van der Waals surface area contributed by atoms with E-state index >= 15 is 0 Å². The third kappa shape index (κ3) is 1.55. The van der Waals surface area contributed by atoms with E-state index in [0.29, 0.717) is 18.8 Å². The highest BCUT2D eigenvalue weighted by atomic mass is 16.2. The topological polar surface area (TPSA) is 53.2 Å². The first-order valence-electron chi connectivity index (χ1n) is 4.76. The summed E-state index contributed by atoms with van der Waals surface area (Å²) in [4.78, 5) is 27.5. The van der Waals surface area contributed by atoms with Gasteiger partial charge in [-0.15, -0.1) is 0 Å². The first-order chi connectivity index (χ1) is 6.79. The Morgan fingerprint density at radius 1 is 1.29 bits per heavy atom. The van der Waals surface area contributed by atoms with Crippen molar-refractivity contribution in [3.63, 3.8) is 0 Å². The van der Waals surface area contributed by atoms with Crippen LogP contribution in [0.5, 0.6) is 0 Å². The van der Waals surface area contributed by atoms with Crippen LogP contribution in [-0.2, 0) is 4.79 Å². The average molecular weight is 192 g/mol. The standard InChI is InChI=1S/C10H12N2O2/c13-9(8-4-3-5-11-8)10(14)12-6-1-2-7-12/h3-5,11H,1-2,6-7H2. The average Bonchev–Trinajstić information content (AvgIpc) is 2.87. The summed E-state index contributed by atoms with van der Waals surface area (Å²) in [6, 6.07) is 3.33. The molecule has 0 aromatic carbocycles. The Bertz CT molecular complexity index is 337. The lowest BCUT2D eigenvalue weighted by Crippen LogP contribution is -2.34. The van der Waals surface area contributed by atoms with E-state index in [9.17, 15) is 9.59 Å². The third-order valence-electron chi connectivity index (χ3n) is 2.43. The lowest BCUT2D eigenvalue weighted by atomic mass is 10.2. The fourth-order valence-corrected chi connectivity index (χ4v) is 1.65. The zero-order valence-electron chi connectivity index (χ0n) is 7.82. The van der Waals surface area contributed by atoms with Crippen molar-refractivity contribution in [3.8, 4) is 0 Å². The molecule has 0 bridgehead atoms. The van der Waals surface area contributed by atoms with Gasteiger partial charge in [0.05, 0.1) is 5.69 Å². The molecule has 0 saturated carbocycles. The van der Waals surface area contributed by atoms with Gasteiger partial charge in [0.15, 0.2) is 0 Å². The van der Waals surface area contributed by atoms with Crippen LogP contribution in [-0.4, -0.2) is 34.7 Å². The SMILES string of the molecule is O=C(C(=O)N1CCCC1)c1ccc[nH]1. The number of Topliss-reactive ketones (excluding diaryl/α,β-unsaturated/α-hetero) is 1. The number of nitrogens with one attached hydrogen (secondary N) is 1. The summed E-state index contributed by atoms with van der Waals surface area (Å²) in [6.45, 7) is 1.43. The molecule has 74 valence electrons. The van der Waals surface area contributed by atoms with Crippen molar-refractivity contribution in [2.75, 3.05) is 13.1 Å². The van der Waals surface area contributed by atoms with Gasteiger partial charge in [-0.25, -0.2) is 0 Å². The number of carbonyl (C=O) groups is 2. The van der Waals surface area contributed by atoms with Crippen LogP contribution < -0.4 is 0 Å². The van der Waals surface area contributed by atoms with E-state index in [1.165, 1.54) is 0 Å². The Hall–Kier alpha value is -1.58. The zero-order chi connectivity index (χ0) is 9.97. The molecular weight excluding hydrogens is 180 g/mol. The molecule has 0 radical (unpaired) electrons. The van der Waals surface area contributed by atoms with Crippen molar-refractivity contribution in [2.45, 2.75) is 12.8 Å². The van der Waals surface area contributed by atoms with Gasteiger partial charge in [0.2, 0.25) is 0 Å². The molecular formula is C10H12N2O2. The summed E-state index contributed by atoms with van der Waals surface area (Å²) in [7, 11) is 0. The molecule has 2 rings (SSSR count). The summed E-state index contributed by atoms with van der Waals surface area (Å²) in [5.74, 6) is -0.818. The second-order valence-electron chi connectivity index (χ2n) is 3.41. The Labute approximate surface area is 81.9 Å². The summed E-state index contributed by atoms with van der Waals surface area (Å²) >= 11 is 0. The van der Waals surface area contributed by atoms with Gasteiger partial charge in [-0.2, -0.15) is 0 Å². The highest BCUT2D eigenvalue weighted by Gasteiger charge is 2.25. The molecule has 0 aliphatic carbocycles. The minimum Gasteiger partial charge on any atom is -0.358 e. The van der Waals surface area contributed by atoms with Crippen molar-refractivity contribution >= 4 is 11.7 Å². The second-order valence-corrected chi connectivity index (χ2v) is 3.41. The number of rotatable bonds is 2. The molecule has 1 fully saturated rings. The number of hydrogen-bond donors (Lipinski definition) is 1. The Balaban J connectivity index is 2.08. The maximum Gasteiger partial charge on any atom is 0.296 e. The number of H-pyrrole nitrogens is 1. The van der Waals surface area contributed by atoms with Crippen LogP contribution in [0.3, 0.4) is 0 Å². The summed E-state index contributed by atoms with van der Waals surface area (Å²) < 4.78 is 0. The van der Waals surface area contributed by atoms with E-state index in [0.717, 1.165) is 12.8 Å². The molecule has 1 aromatic rings. The maximum absolute atomic E-state index is 11.6. The van der Waals surface area contributed by atoms with Crippen molar-refractivity contribution in [1.29, 1.82) is 0 Å². The Morgan fingerprint density at radius 3 is 2.57 bits per heavy atom. The molecule has 1 amide bonds. The minimum atomic E-state index is -0.433. The van der Waals surface area contributed by atoms with Crippen LogP contribution in [0.1, 0.15) is 23.3 Å². The van der Waals surface area contributed by atoms with Crippen LogP contribution in [0, 0.1) is 0 Å². The van der Waals surface area contributed by atoms with Gasteiger partial charge < -0.3 is 9.88 Å². The molecule has 1 aliphatic heterocycles. The van der Waals surface area contributed by atoms with E-state index in [-0.39, 0.29) is 5.91 Å². The number of nitrogens with zero attached hydrogens (tertiary/aromatic N) is 1. The van der Waals surface area contributed by atoms with Crippen LogP contribution in [0.4, 0.5) is 0 Å². The van der Waals surface area contributed by atoms with Crippen molar-refractivity contribution in [1.82, 2.24) is 9.88 Å². The number of likely N-dealkylation sites (tertiary alicyclic amines) is 1. The molecule has 1 N–H and O–H groups in total.